The molecular weight excluding hydrogens is 264 g/mol. The number of carbonyl (C=O) groups is 2. The van der Waals surface area contributed by atoms with E-state index in [-0.39, 0.29) is 11.1 Å². The summed E-state index contributed by atoms with van der Waals surface area (Å²) in [7, 11) is 0. The van der Waals surface area contributed by atoms with E-state index < -0.39 is 30.2 Å². The summed E-state index contributed by atoms with van der Waals surface area (Å²) in [5, 5.41) is 0. The van der Waals surface area contributed by atoms with Gasteiger partial charge in [0, 0.05) is 5.92 Å². The normalized spacial score (nSPS) is 16.5. The second-order valence-corrected chi connectivity index (χ2v) is 5.19. The highest BCUT2D eigenvalue weighted by Gasteiger charge is 2.44. The average molecular weight is 281 g/mol. The Labute approximate surface area is 116 Å². The Morgan fingerprint density at radius 1 is 1.15 bits per heavy atom. The molecule has 0 spiro atoms. The second kappa shape index (κ2) is 5.31. The molecule has 5 heteroatoms. The summed E-state index contributed by atoms with van der Waals surface area (Å²) in [5.41, 5.74) is 0.410. The van der Waals surface area contributed by atoms with Crippen LogP contribution in [0.1, 0.15) is 47.4 Å². The Morgan fingerprint density at radius 3 is 2.10 bits per heavy atom. The summed E-state index contributed by atoms with van der Waals surface area (Å²) in [6, 6.07) is 6.21. The van der Waals surface area contributed by atoms with Gasteiger partial charge in [0.1, 0.15) is 0 Å². The van der Waals surface area contributed by atoms with Crippen LogP contribution in [0.15, 0.2) is 24.3 Å². The van der Waals surface area contributed by atoms with Crippen molar-refractivity contribution < 1.29 is 18.4 Å². The molecule has 2 amide bonds. The topological polar surface area (TPSA) is 37.4 Å². The summed E-state index contributed by atoms with van der Waals surface area (Å²) in [4.78, 5) is 24.7. The highest BCUT2D eigenvalue weighted by Crippen LogP contribution is 2.32. The smallest absolute Gasteiger partial charge is 0.268 e. The van der Waals surface area contributed by atoms with Gasteiger partial charge in [-0.1, -0.05) is 32.4 Å². The zero-order chi connectivity index (χ0) is 14.9. The number of rotatable bonds is 5. The van der Waals surface area contributed by atoms with Gasteiger partial charge in [0.2, 0.25) is 0 Å². The molecule has 0 aromatic heterocycles. The van der Waals surface area contributed by atoms with Crippen LogP contribution < -0.4 is 0 Å². The van der Waals surface area contributed by atoms with E-state index in [9.17, 15) is 18.4 Å². The van der Waals surface area contributed by atoms with Crippen LogP contribution in [0.3, 0.4) is 0 Å². The van der Waals surface area contributed by atoms with Gasteiger partial charge in [-0.2, -0.15) is 0 Å². The van der Waals surface area contributed by atoms with E-state index >= 15 is 0 Å². The maximum atomic E-state index is 14.1. The minimum Gasteiger partial charge on any atom is -0.269 e. The predicted molar refractivity (Wildman–Crippen MR) is 70.8 cm³/mol. The number of benzene rings is 1. The Hall–Kier alpha value is -1.78. The maximum absolute atomic E-state index is 14.1. The number of carbonyl (C=O) groups excluding carboxylic acids is 2. The molecule has 3 nitrogen and oxygen atoms in total. The van der Waals surface area contributed by atoms with Crippen LogP contribution in [0.5, 0.6) is 0 Å². The first-order valence-corrected chi connectivity index (χ1v) is 6.71. The third-order valence-corrected chi connectivity index (χ3v) is 3.69. The van der Waals surface area contributed by atoms with Gasteiger partial charge in [0.15, 0.2) is 0 Å². The largest absolute Gasteiger partial charge is 0.269 e. The summed E-state index contributed by atoms with van der Waals surface area (Å²) in [5.74, 6) is -5.19. The van der Waals surface area contributed by atoms with E-state index in [1.807, 2.05) is 6.92 Å². The van der Waals surface area contributed by atoms with Crippen molar-refractivity contribution in [1.29, 1.82) is 0 Å². The highest BCUT2D eigenvalue weighted by molar-refractivity contribution is 6.21. The van der Waals surface area contributed by atoms with Crippen LogP contribution >= 0.6 is 0 Å². The van der Waals surface area contributed by atoms with Crippen molar-refractivity contribution in [3.8, 4) is 0 Å². The summed E-state index contributed by atoms with van der Waals surface area (Å²) in [6.45, 7) is 2.43. The van der Waals surface area contributed by atoms with Crippen molar-refractivity contribution in [2.24, 2.45) is 5.92 Å². The fraction of sp³-hybridized carbons (Fsp3) is 0.467. The summed E-state index contributed by atoms with van der Waals surface area (Å²) < 4.78 is 28.2. The lowest BCUT2D eigenvalue weighted by molar-refractivity contribution is -0.0682. The fourth-order valence-electron chi connectivity index (χ4n) is 2.39. The van der Waals surface area contributed by atoms with Crippen LogP contribution in [-0.2, 0) is 0 Å². The van der Waals surface area contributed by atoms with Gasteiger partial charge >= 0.3 is 0 Å². The van der Waals surface area contributed by atoms with E-state index in [1.54, 1.807) is 12.1 Å². The molecule has 0 N–H and O–H groups in total. The molecule has 0 aliphatic carbocycles. The number of alkyl halides is 2. The second-order valence-electron chi connectivity index (χ2n) is 5.19. The molecule has 0 fully saturated rings. The van der Waals surface area contributed by atoms with Gasteiger partial charge in [-0.25, -0.2) is 8.78 Å². The van der Waals surface area contributed by atoms with Crippen LogP contribution in [0, 0.1) is 5.92 Å². The molecule has 1 aromatic rings. The zero-order valence-corrected chi connectivity index (χ0v) is 11.5. The van der Waals surface area contributed by atoms with Gasteiger partial charge < -0.3 is 0 Å². The number of halogens is 2. The molecule has 108 valence electrons. The van der Waals surface area contributed by atoms with Gasteiger partial charge in [0.05, 0.1) is 17.7 Å². The molecule has 0 saturated heterocycles. The minimum atomic E-state index is -3.07. The highest BCUT2D eigenvalue weighted by atomic mass is 19.3. The molecule has 2 rings (SSSR count). The summed E-state index contributed by atoms with van der Waals surface area (Å²) >= 11 is 0. The molecule has 0 bridgehead atoms. The number of nitrogens with zero attached hydrogens (tertiary/aromatic N) is 1. The van der Waals surface area contributed by atoms with Crippen LogP contribution in [0.4, 0.5) is 8.78 Å². The van der Waals surface area contributed by atoms with Crippen LogP contribution in [0.25, 0.3) is 0 Å². The van der Waals surface area contributed by atoms with E-state index in [2.05, 4.69) is 0 Å². The first-order valence-electron chi connectivity index (χ1n) is 6.71. The predicted octanol–water partition coefficient (Wildman–Crippen LogP) is 3.35. The van der Waals surface area contributed by atoms with E-state index in [1.165, 1.54) is 19.1 Å². The van der Waals surface area contributed by atoms with Crippen molar-refractivity contribution in [2.45, 2.75) is 32.6 Å². The third kappa shape index (κ3) is 2.44. The minimum absolute atomic E-state index is 0.205. The Balaban J connectivity index is 2.20. The van der Waals surface area contributed by atoms with Gasteiger partial charge in [0.25, 0.3) is 17.7 Å². The lowest BCUT2D eigenvalue weighted by Crippen LogP contribution is -2.43. The standard InChI is InChI=1S/C15H17F2NO2/c1-3-6-10(2)15(16,17)9-18-13(19)11-7-4-5-8-12(11)14(18)20/h4-5,7-8,10H,3,6,9H2,1-2H3. The molecule has 20 heavy (non-hydrogen) atoms. The first-order chi connectivity index (χ1) is 9.38. The SMILES string of the molecule is CCCC(C)C(F)(F)CN1C(=O)c2ccccc2C1=O. The van der Waals surface area contributed by atoms with Crippen molar-refractivity contribution >= 4 is 11.8 Å². The molecule has 1 unspecified atom stereocenters. The molecule has 1 atom stereocenters. The molecule has 1 aliphatic rings. The number of amides is 2. The van der Waals surface area contributed by atoms with Crippen LogP contribution in [0.2, 0.25) is 0 Å². The Bertz CT molecular complexity index is 507. The number of imide groups is 1. The van der Waals surface area contributed by atoms with E-state index in [4.69, 9.17) is 0 Å². The monoisotopic (exact) mass is 281 g/mol. The van der Waals surface area contributed by atoms with Crippen LogP contribution in [-0.4, -0.2) is 29.2 Å². The van der Waals surface area contributed by atoms with E-state index in [0.717, 1.165) is 0 Å². The molecule has 1 aromatic carbocycles. The number of hydrogen-bond donors (Lipinski definition) is 0. The first kappa shape index (κ1) is 14.6. The number of fused-ring (bicyclic) bond motifs is 1. The van der Waals surface area contributed by atoms with Crippen molar-refractivity contribution in [3.05, 3.63) is 35.4 Å². The van der Waals surface area contributed by atoms with Gasteiger partial charge in [-0.05, 0) is 18.6 Å². The molecular formula is C15H17F2NO2. The van der Waals surface area contributed by atoms with Crippen molar-refractivity contribution in [1.82, 2.24) is 4.90 Å². The van der Waals surface area contributed by atoms with Gasteiger partial charge in [-0.15, -0.1) is 0 Å². The average Bonchev–Trinajstić information content (AvgIpc) is 2.65. The fourth-order valence-corrected chi connectivity index (χ4v) is 2.39. The van der Waals surface area contributed by atoms with E-state index in [0.29, 0.717) is 17.7 Å². The van der Waals surface area contributed by atoms with Crippen molar-refractivity contribution in [3.63, 3.8) is 0 Å². The lowest BCUT2D eigenvalue weighted by atomic mass is 9.98. The van der Waals surface area contributed by atoms with Gasteiger partial charge in [-0.3, -0.25) is 14.5 Å². The number of hydrogen-bond acceptors (Lipinski definition) is 2. The molecule has 0 saturated carbocycles. The summed E-state index contributed by atoms with van der Waals surface area (Å²) in [6.07, 6.45) is 0.995. The molecule has 0 radical (unpaired) electrons. The third-order valence-electron chi connectivity index (χ3n) is 3.69. The Morgan fingerprint density at radius 2 is 1.65 bits per heavy atom. The maximum Gasteiger partial charge on any atom is 0.268 e. The Kier molecular flexibility index (Phi) is 3.88. The quantitative estimate of drug-likeness (QED) is 0.776. The molecule has 1 aliphatic heterocycles. The lowest BCUT2D eigenvalue weighted by Gasteiger charge is -2.27. The molecule has 1 heterocycles. The zero-order valence-electron chi connectivity index (χ0n) is 11.5. The van der Waals surface area contributed by atoms with Crippen molar-refractivity contribution in [2.75, 3.05) is 6.54 Å².